The minimum absolute atomic E-state index is 0.105. The van der Waals surface area contributed by atoms with Gasteiger partial charge in [0.25, 0.3) is 5.91 Å². The van der Waals surface area contributed by atoms with Gasteiger partial charge in [-0.3, -0.25) is 4.79 Å². The molecule has 0 aliphatic carbocycles. The molecule has 0 aliphatic rings. The number of unbranched alkanes of at least 4 members (excludes halogenated alkanes) is 1. The summed E-state index contributed by atoms with van der Waals surface area (Å²) in [7, 11) is 0. The van der Waals surface area contributed by atoms with E-state index >= 15 is 0 Å². The van der Waals surface area contributed by atoms with E-state index in [1.165, 1.54) is 10.5 Å². The normalized spacial score (nSPS) is 10.5. The lowest BCUT2D eigenvalue weighted by molar-refractivity contribution is -0.134. The van der Waals surface area contributed by atoms with Crippen LogP contribution in [0.5, 0.6) is 5.75 Å². The number of hydrogen-bond donors (Lipinski definition) is 3. The molecule has 0 heterocycles. The van der Waals surface area contributed by atoms with E-state index in [2.05, 4.69) is 0 Å². The fourth-order valence-electron chi connectivity index (χ4n) is 2.06. The monoisotopic (exact) mass is 310 g/mol. The number of hydrogen-bond acceptors (Lipinski definition) is 5. The summed E-state index contributed by atoms with van der Waals surface area (Å²) in [6, 6.07) is 7.64. The number of amides is 1. The molecule has 0 aromatic heterocycles. The Labute approximate surface area is 131 Å². The van der Waals surface area contributed by atoms with Crippen LogP contribution < -0.4 is 10.5 Å². The largest absolute Gasteiger partial charge is 0.484 e. The van der Waals surface area contributed by atoms with Crippen LogP contribution in [0.2, 0.25) is 0 Å². The first-order valence-electron chi connectivity index (χ1n) is 7.62. The van der Waals surface area contributed by atoms with Crippen molar-refractivity contribution >= 4 is 5.91 Å². The first-order chi connectivity index (χ1) is 10.7. The van der Waals surface area contributed by atoms with Crippen LogP contribution in [0.15, 0.2) is 24.3 Å². The fourth-order valence-corrected chi connectivity index (χ4v) is 2.06. The Morgan fingerprint density at radius 2 is 1.73 bits per heavy atom. The molecule has 4 N–H and O–H groups in total. The third-order valence-electron chi connectivity index (χ3n) is 3.30. The van der Waals surface area contributed by atoms with E-state index in [4.69, 9.17) is 20.7 Å². The number of aryl methyl sites for hydroxylation is 1. The van der Waals surface area contributed by atoms with Gasteiger partial charge in [-0.2, -0.15) is 0 Å². The molecule has 0 atom stereocenters. The average molecular weight is 310 g/mol. The second-order valence-electron chi connectivity index (χ2n) is 5.01. The van der Waals surface area contributed by atoms with Gasteiger partial charge in [0.2, 0.25) is 0 Å². The van der Waals surface area contributed by atoms with Gasteiger partial charge in [0, 0.05) is 13.1 Å². The number of ether oxygens (including phenoxy) is 1. The lowest BCUT2D eigenvalue weighted by Gasteiger charge is -2.20. The number of aliphatic hydroxyl groups excluding tert-OH is 2. The molecule has 1 rings (SSSR count). The Bertz CT molecular complexity index is 417. The third kappa shape index (κ3) is 6.89. The van der Waals surface area contributed by atoms with Crippen molar-refractivity contribution in [3.05, 3.63) is 29.8 Å². The summed E-state index contributed by atoms with van der Waals surface area (Å²) in [5.74, 6) is 0.374. The molecule has 0 fully saturated rings. The van der Waals surface area contributed by atoms with Gasteiger partial charge in [-0.25, -0.2) is 0 Å². The molecule has 0 saturated heterocycles. The van der Waals surface area contributed by atoms with Gasteiger partial charge in [-0.05, 0) is 43.5 Å². The SMILES string of the molecule is NCCCCc1ccc(OCC(=O)N(CCO)CCO)cc1. The predicted octanol–water partition coefficient (Wildman–Crippen LogP) is 0.160. The number of aliphatic hydroxyl groups is 2. The summed E-state index contributed by atoms with van der Waals surface area (Å²) in [6.07, 6.45) is 3.06. The maximum atomic E-state index is 11.9. The number of rotatable bonds is 11. The van der Waals surface area contributed by atoms with Gasteiger partial charge in [0.1, 0.15) is 5.75 Å². The first-order valence-corrected chi connectivity index (χ1v) is 7.62. The zero-order valence-corrected chi connectivity index (χ0v) is 12.9. The molecule has 124 valence electrons. The van der Waals surface area contributed by atoms with Crippen molar-refractivity contribution in [3.8, 4) is 5.75 Å². The van der Waals surface area contributed by atoms with Crippen LogP contribution in [0, 0.1) is 0 Å². The van der Waals surface area contributed by atoms with Gasteiger partial charge in [-0.15, -0.1) is 0 Å². The summed E-state index contributed by atoms with van der Waals surface area (Å²) >= 11 is 0. The molecule has 0 bridgehead atoms. The highest BCUT2D eigenvalue weighted by molar-refractivity contribution is 5.77. The van der Waals surface area contributed by atoms with E-state index in [-0.39, 0.29) is 38.8 Å². The minimum atomic E-state index is -0.255. The quantitative estimate of drug-likeness (QED) is 0.506. The number of carbonyl (C=O) groups is 1. The highest BCUT2D eigenvalue weighted by Gasteiger charge is 2.12. The number of nitrogens with two attached hydrogens (primary N) is 1. The van der Waals surface area contributed by atoms with Crippen molar-refractivity contribution in [3.63, 3.8) is 0 Å². The Morgan fingerprint density at radius 1 is 1.09 bits per heavy atom. The standard InChI is InChI=1S/C16H26N2O4/c17-8-2-1-3-14-4-6-15(7-5-14)22-13-16(21)18(9-11-19)10-12-20/h4-7,19-20H,1-3,8-13,17H2. The van der Waals surface area contributed by atoms with Gasteiger partial charge >= 0.3 is 0 Å². The van der Waals surface area contributed by atoms with E-state index < -0.39 is 0 Å². The first kappa shape index (κ1) is 18.4. The maximum absolute atomic E-state index is 11.9. The van der Waals surface area contributed by atoms with E-state index in [1.54, 1.807) is 0 Å². The molecule has 22 heavy (non-hydrogen) atoms. The van der Waals surface area contributed by atoms with E-state index in [0.717, 1.165) is 19.3 Å². The summed E-state index contributed by atoms with van der Waals surface area (Å²) in [4.78, 5) is 13.3. The van der Waals surface area contributed by atoms with Crippen LogP contribution in [0.1, 0.15) is 18.4 Å². The molecule has 6 heteroatoms. The average Bonchev–Trinajstić information content (AvgIpc) is 2.54. The topological polar surface area (TPSA) is 96.0 Å². The zero-order chi connectivity index (χ0) is 16.2. The molecule has 1 aromatic rings. The molecule has 1 amide bonds. The molecule has 0 radical (unpaired) electrons. The smallest absolute Gasteiger partial charge is 0.260 e. The molecule has 0 saturated carbocycles. The second kappa shape index (κ2) is 11.0. The van der Waals surface area contributed by atoms with Crippen LogP contribution in [0.3, 0.4) is 0 Å². The number of benzene rings is 1. The highest BCUT2D eigenvalue weighted by atomic mass is 16.5. The van der Waals surface area contributed by atoms with Gasteiger partial charge in [0.05, 0.1) is 13.2 Å². The molecular weight excluding hydrogens is 284 g/mol. The number of nitrogens with zero attached hydrogens (tertiary/aromatic N) is 1. The highest BCUT2D eigenvalue weighted by Crippen LogP contribution is 2.14. The zero-order valence-electron chi connectivity index (χ0n) is 12.9. The van der Waals surface area contributed by atoms with Crippen LogP contribution >= 0.6 is 0 Å². The summed E-state index contributed by atoms with van der Waals surface area (Å²) < 4.78 is 5.45. The second-order valence-corrected chi connectivity index (χ2v) is 5.01. The van der Waals surface area contributed by atoms with Crippen molar-refractivity contribution in [1.29, 1.82) is 0 Å². The van der Waals surface area contributed by atoms with Crippen molar-refractivity contribution in [2.24, 2.45) is 5.73 Å². The summed E-state index contributed by atoms with van der Waals surface area (Å²) in [5, 5.41) is 17.8. The molecule has 0 unspecified atom stereocenters. The van der Waals surface area contributed by atoms with Crippen LogP contribution in [0.4, 0.5) is 0 Å². The van der Waals surface area contributed by atoms with E-state index in [0.29, 0.717) is 12.3 Å². The molecule has 0 spiro atoms. The van der Waals surface area contributed by atoms with Crippen LogP contribution in [-0.2, 0) is 11.2 Å². The molecule has 0 aliphatic heterocycles. The van der Waals surface area contributed by atoms with Gasteiger partial charge in [0.15, 0.2) is 6.61 Å². The Morgan fingerprint density at radius 3 is 2.27 bits per heavy atom. The fraction of sp³-hybridized carbons (Fsp3) is 0.562. The van der Waals surface area contributed by atoms with Crippen molar-refractivity contribution in [1.82, 2.24) is 4.90 Å². The summed E-state index contributed by atoms with van der Waals surface area (Å²) in [6.45, 7) is 0.728. The molecular formula is C16H26N2O4. The van der Waals surface area contributed by atoms with E-state index in [1.807, 2.05) is 24.3 Å². The molecule has 6 nitrogen and oxygen atoms in total. The van der Waals surface area contributed by atoms with Gasteiger partial charge in [-0.1, -0.05) is 12.1 Å². The van der Waals surface area contributed by atoms with Crippen molar-refractivity contribution in [2.45, 2.75) is 19.3 Å². The van der Waals surface area contributed by atoms with E-state index in [9.17, 15) is 4.79 Å². The summed E-state index contributed by atoms with van der Waals surface area (Å²) in [5.41, 5.74) is 6.68. The third-order valence-corrected chi connectivity index (χ3v) is 3.30. The molecule has 1 aromatic carbocycles. The Balaban J connectivity index is 2.41. The van der Waals surface area contributed by atoms with Crippen molar-refractivity contribution in [2.75, 3.05) is 39.5 Å². The lowest BCUT2D eigenvalue weighted by Crippen LogP contribution is -2.38. The van der Waals surface area contributed by atoms with Gasteiger partial charge < -0.3 is 25.6 Å². The Kier molecular flexibility index (Phi) is 9.21. The number of carbonyl (C=O) groups excluding carboxylic acids is 1. The van der Waals surface area contributed by atoms with Crippen molar-refractivity contribution < 1.29 is 19.7 Å². The predicted molar refractivity (Wildman–Crippen MR) is 84.7 cm³/mol. The van der Waals surface area contributed by atoms with Crippen LogP contribution in [-0.4, -0.2) is 60.5 Å². The maximum Gasteiger partial charge on any atom is 0.260 e. The minimum Gasteiger partial charge on any atom is -0.484 e. The van der Waals surface area contributed by atoms with Crippen LogP contribution in [0.25, 0.3) is 0 Å². The lowest BCUT2D eigenvalue weighted by atomic mass is 10.1. The Hall–Kier alpha value is -1.63.